The number of halogens is 1. The predicted octanol–water partition coefficient (Wildman–Crippen LogP) is 3.85. The third-order valence-corrected chi connectivity index (χ3v) is 5.83. The van der Waals surface area contributed by atoms with Crippen molar-refractivity contribution in [1.82, 2.24) is 9.80 Å². The lowest BCUT2D eigenvalue weighted by atomic mass is 10.0. The first-order chi connectivity index (χ1) is 14.0. The summed E-state index contributed by atoms with van der Waals surface area (Å²) in [7, 11) is 0. The van der Waals surface area contributed by atoms with Crippen molar-refractivity contribution in [2.75, 3.05) is 46.0 Å². The first-order valence-corrected chi connectivity index (χ1v) is 11.1. The van der Waals surface area contributed by atoms with Gasteiger partial charge < -0.3 is 19.1 Å². The van der Waals surface area contributed by atoms with E-state index >= 15 is 0 Å². The number of rotatable bonds is 7. The molecule has 2 aliphatic rings. The normalized spacial score (nSPS) is 21.2. The van der Waals surface area contributed by atoms with Gasteiger partial charge in [-0.3, -0.25) is 9.69 Å². The van der Waals surface area contributed by atoms with E-state index in [1.807, 2.05) is 18.7 Å². The smallest absolute Gasteiger partial charge is 0.254 e. The number of amides is 1. The van der Waals surface area contributed by atoms with Crippen molar-refractivity contribution in [3.63, 3.8) is 0 Å². The molecular formula is C22H33ClN2O4. The van der Waals surface area contributed by atoms with Crippen LogP contribution < -0.4 is 9.47 Å². The maximum absolute atomic E-state index is 13.1. The fourth-order valence-electron chi connectivity index (χ4n) is 4.09. The second-order valence-corrected chi connectivity index (χ2v) is 8.17. The molecule has 0 N–H and O–H groups in total. The number of nitrogens with zero attached hydrogens (tertiary/aromatic N) is 2. The Morgan fingerprint density at radius 3 is 2.62 bits per heavy atom. The summed E-state index contributed by atoms with van der Waals surface area (Å²) in [6, 6.07) is 3.99. The highest BCUT2D eigenvalue weighted by molar-refractivity contribution is 6.32. The summed E-state index contributed by atoms with van der Waals surface area (Å²) in [5, 5.41) is 0.421. The number of carbonyl (C=O) groups is 1. The number of hydrogen-bond donors (Lipinski definition) is 0. The lowest BCUT2D eigenvalue weighted by molar-refractivity contribution is -0.0423. The molecule has 162 valence electrons. The standard InChI is InChI=1S/C22H33ClN2O4/c1-4-11-29-21-19(23)13-17(14-20(21)27-5-2)22(26)24-8-6-18(7-9-24)25-10-12-28-16(3)15-25/h13-14,16,18H,4-12,15H2,1-3H3. The van der Waals surface area contributed by atoms with E-state index in [-0.39, 0.29) is 12.0 Å². The second kappa shape index (κ2) is 10.5. The second-order valence-electron chi connectivity index (χ2n) is 7.77. The Hall–Kier alpha value is -1.50. The molecule has 1 aromatic carbocycles. The van der Waals surface area contributed by atoms with Crippen LogP contribution in [0.3, 0.4) is 0 Å². The van der Waals surface area contributed by atoms with E-state index in [0.717, 1.165) is 52.0 Å². The number of piperidine rings is 1. The third-order valence-electron chi connectivity index (χ3n) is 5.55. The minimum atomic E-state index is 0.00342. The van der Waals surface area contributed by atoms with Crippen LogP contribution in [0.4, 0.5) is 0 Å². The van der Waals surface area contributed by atoms with Gasteiger partial charge in [-0.1, -0.05) is 18.5 Å². The van der Waals surface area contributed by atoms with Gasteiger partial charge in [0.05, 0.1) is 30.9 Å². The summed E-state index contributed by atoms with van der Waals surface area (Å²) < 4.78 is 17.1. The highest BCUT2D eigenvalue weighted by Crippen LogP contribution is 2.37. The fraction of sp³-hybridized carbons (Fsp3) is 0.682. The minimum Gasteiger partial charge on any atom is -0.490 e. The van der Waals surface area contributed by atoms with Gasteiger partial charge in [-0.15, -0.1) is 0 Å². The molecule has 1 aromatic rings. The van der Waals surface area contributed by atoms with Crippen LogP contribution in [-0.2, 0) is 4.74 Å². The number of ether oxygens (including phenoxy) is 3. The molecule has 7 heteroatoms. The molecule has 1 atom stereocenters. The van der Waals surface area contributed by atoms with Gasteiger partial charge in [0.15, 0.2) is 11.5 Å². The summed E-state index contributed by atoms with van der Waals surface area (Å²) in [6.07, 6.45) is 3.14. The van der Waals surface area contributed by atoms with Gasteiger partial charge in [0, 0.05) is 37.8 Å². The van der Waals surface area contributed by atoms with Crippen molar-refractivity contribution in [3.05, 3.63) is 22.7 Å². The van der Waals surface area contributed by atoms with Crippen molar-refractivity contribution in [2.24, 2.45) is 0 Å². The molecule has 0 spiro atoms. The van der Waals surface area contributed by atoms with Crippen LogP contribution in [0.1, 0.15) is 50.4 Å². The van der Waals surface area contributed by atoms with Crippen molar-refractivity contribution in [3.8, 4) is 11.5 Å². The van der Waals surface area contributed by atoms with Crippen LogP contribution in [0.15, 0.2) is 12.1 Å². The quantitative estimate of drug-likeness (QED) is 0.665. The molecule has 6 nitrogen and oxygen atoms in total. The van der Waals surface area contributed by atoms with Crippen molar-refractivity contribution >= 4 is 17.5 Å². The van der Waals surface area contributed by atoms with Gasteiger partial charge in [0.25, 0.3) is 5.91 Å². The summed E-state index contributed by atoms with van der Waals surface area (Å²) in [6.45, 7) is 11.4. The van der Waals surface area contributed by atoms with Crippen LogP contribution in [0.2, 0.25) is 5.02 Å². The highest BCUT2D eigenvalue weighted by Gasteiger charge is 2.30. The number of hydrogen-bond acceptors (Lipinski definition) is 5. The maximum atomic E-state index is 13.1. The van der Waals surface area contributed by atoms with Crippen molar-refractivity contribution in [1.29, 1.82) is 0 Å². The molecule has 0 aliphatic carbocycles. The van der Waals surface area contributed by atoms with E-state index < -0.39 is 0 Å². The zero-order chi connectivity index (χ0) is 20.8. The first-order valence-electron chi connectivity index (χ1n) is 10.8. The largest absolute Gasteiger partial charge is 0.490 e. The van der Waals surface area contributed by atoms with Crippen LogP contribution in [0, 0.1) is 0 Å². The van der Waals surface area contributed by atoms with Crippen LogP contribution in [0.5, 0.6) is 11.5 Å². The molecule has 1 unspecified atom stereocenters. The summed E-state index contributed by atoms with van der Waals surface area (Å²) in [5.41, 5.74) is 0.556. The zero-order valence-electron chi connectivity index (χ0n) is 17.8. The first kappa shape index (κ1) is 22.2. The number of carbonyl (C=O) groups excluding carboxylic acids is 1. The molecule has 0 saturated carbocycles. The number of benzene rings is 1. The Morgan fingerprint density at radius 2 is 1.97 bits per heavy atom. The molecular weight excluding hydrogens is 392 g/mol. The van der Waals surface area contributed by atoms with Crippen LogP contribution in [-0.4, -0.2) is 73.9 Å². The summed E-state index contributed by atoms with van der Waals surface area (Å²) >= 11 is 6.43. The van der Waals surface area contributed by atoms with Crippen molar-refractivity contribution < 1.29 is 19.0 Å². The van der Waals surface area contributed by atoms with E-state index in [0.29, 0.717) is 41.3 Å². The Kier molecular flexibility index (Phi) is 8.04. The lowest BCUT2D eigenvalue weighted by Crippen LogP contribution is -2.51. The Bertz CT molecular complexity index is 692. The van der Waals surface area contributed by atoms with Gasteiger partial charge in [0.2, 0.25) is 0 Å². The molecule has 1 amide bonds. The molecule has 3 rings (SSSR count). The molecule has 0 radical (unpaired) electrons. The number of likely N-dealkylation sites (tertiary alicyclic amines) is 1. The van der Waals surface area contributed by atoms with E-state index in [2.05, 4.69) is 11.8 Å². The lowest BCUT2D eigenvalue weighted by Gasteiger charge is -2.41. The molecule has 2 fully saturated rings. The van der Waals surface area contributed by atoms with E-state index in [4.69, 9.17) is 25.8 Å². The maximum Gasteiger partial charge on any atom is 0.254 e. The summed E-state index contributed by atoms with van der Waals surface area (Å²) in [4.78, 5) is 17.5. The van der Waals surface area contributed by atoms with Gasteiger partial charge in [-0.2, -0.15) is 0 Å². The van der Waals surface area contributed by atoms with Gasteiger partial charge in [0.1, 0.15) is 0 Å². The topological polar surface area (TPSA) is 51.2 Å². The van der Waals surface area contributed by atoms with Crippen LogP contribution >= 0.6 is 11.6 Å². The fourth-order valence-corrected chi connectivity index (χ4v) is 4.36. The average Bonchev–Trinajstić information content (AvgIpc) is 2.73. The molecule has 2 saturated heterocycles. The van der Waals surface area contributed by atoms with Gasteiger partial charge in [-0.05, 0) is 45.2 Å². The Labute approximate surface area is 179 Å². The van der Waals surface area contributed by atoms with Crippen molar-refractivity contribution in [2.45, 2.75) is 52.2 Å². The van der Waals surface area contributed by atoms with Crippen LogP contribution in [0.25, 0.3) is 0 Å². The predicted molar refractivity (Wildman–Crippen MR) is 114 cm³/mol. The zero-order valence-corrected chi connectivity index (χ0v) is 18.5. The minimum absolute atomic E-state index is 0.00342. The molecule has 2 aliphatic heterocycles. The van der Waals surface area contributed by atoms with E-state index in [1.54, 1.807) is 12.1 Å². The van der Waals surface area contributed by atoms with Gasteiger partial charge >= 0.3 is 0 Å². The highest BCUT2D eigenvalue weighted by atomic mass is 35.5. The summed E-state index contributed by atoms with van der Waals surface area (Å²) in [5.74, 6) is 1.06. The number of morpholine rings is 1. The average molecular weight is 425 g/mol. The van der Waals surface area contributed by atoms with Gasteiger partial charge in [-0.25, -0.2) is 0 Å². The SMILES string of the molecule is CCCOc1c(Cl)cc(C(=O)N2CCC(N3CCOC(C)C3)CC2)cc1OCC. The molecule has 29 heavy (non-hydrogen) atoms. The molecule has 0 aromatic heterocycles. The third kappa shape index (κ3) is 5.56. The van der Waals surface area contributed by atoms with E-state index in [1.165, 1.54) is 0 Å². The Balaban J connectivity index is 1.65. The Morgan fingerprint density at radius 1 is 1.21 bits per heavy atom. The molecule has 2 heterocycles. The monoisotopic (exact) mass is 424 g/mol. The molecule has 0 bridgehead atoms. The van der Waals surface area contributed by atoms with E-state index in [9.17, 15) is 4.79 Å².